The summed E-state index contributed by atoms with van der Waals surface area (Å²) in [5.41, 5.74) is 0. The van der Waals surface area contributed by atoms with Gasteiger partial charge in [-0.05, 0) is 33.0 Å². The van der Waals surface area contributed by atoms with Crippen LogP contribution in [0, 0.1) is 0 Å². The van der Waals surface area contributed by atoms with Gasteiger partial charge in [-0.3, -0.25) is 4.55 Å². The second-order valence-electron chi connectivity index (χ2n) is 4.89. The van der Waals surface area contributed by atoms with Crippen LogP contribution < -0.4 is 0 Å². The van der Waals surface area contributed by atoms with Crippen molar-refractivity contribution in [1.82, 2.24) is 0 Å². The van der Waals surface area contributed by atoms with Crippen molar-refractivity contribution in [2.45, 2.75) is 4.90 Å². The summed E-state index contributed by atoms with van der Waals surface area (Å²) in [5.74, 6) is 0. The van der Waals surface area contributed by atoms with Gasteiger partial charge in [0.25, 0.3) is 10.1 Å². The summed E-state index contributed by atoms with van der Waals surface area (Å²) in [6.45, 7) is 0. The van der Waals surface area contributed by atoms with Crippen molar-refractivity contribution in [1.29, 1.82) is 0 Å². The van der Waals surface area contributed by atoms with E-state index in [1.165, 1.54) is 6.07 Å². The van der Waals surface area contributed by atoms with Crippen LogP contribution in [0.15, 0.2) is 59.5 Å². The molecule has 4 aromatic carbocycles. The molecule has 0 fully saturated rings. The Morgan fingerprint density at radius 1 is 0.714 bits per heavy atom. The molecule has 5 heteroatoms. The van der Waals surface area contributed by atoms with Crippen molar-refractivity contribution in [2.24, 2.45) is 0 Å². The number of hydrogen-bond acceptors (Lipinski definition) is 2. The molecule has 0 saturated heterocycles. The van der Waals surface area contributed by atoms with Crippen molar-refractivity contribution < 1.29 is 13.0 Å². The average Bonchev–Trinajstić information content (AvgIpc) is 2.43. The van der Waals surface area contributed by atoms with Gasteiger partial charge in [-0.1, -0.05) is 48.5 Å². The molecule has 4 aromatic rings. The molecular formula is C16H10NaO3S. The molecule has 0 aromatic heterocycles. The summed E-state index contributed by atoms with van der Waals surface area (Å²) >= 11 is 0. The van der Waals surface area contributed by atoms with E-state index in [0.717, 1.165) is 26.9 Å². The van der Waals surface area contributed by atoms with E-state index in [1.807, 2.05) is 36.4 Å². The molecule has 21 heavy (non-hydrogen) atoms. The van der Waals surface area contributed by atoms with Crippen LogP contribution >= 0.6 is 0 Å². The zero-order valence-electron chi connectivity index (χ0n) is 11.4. The fourth-order valence-corrected chi connectivity index (χ4v) is 3.62. The largest absolute Gasteiger partial charge is 0.295 e. The van der Waals surface area contributed by atoms with Gasteiger partial charge in [-0.25, -0.2) is 0 Å². The van der Waals surface area contributed by atoms with Gasteiger partial charge in [0.05, 0.1) is 0 Å². The zero-order valence-corrected chi connectivity index (χ0v) is 14.2. The molecule has 0 aliphatic carbocycles. The standard InChI is InChI=1S/C16H10O3S.Na/c17-20(18,19)14-9-7-12-5-4-10-2-1-3-11-6-8-13(14)16(12)15(10)11;/h1-9H,(H,17,18,19);. The topological polar surface area (TPSA) is 54.4 Å². The van der Waals surface area contributed by atoms with Crippen molar-refractivity contribution in [3.05, 3.63) is 54.6 Å². The summed E-state index contributed by atoms with van der Waals surface area (Å²) in [7, 11) is -4.23. The summed E-state index contributed by atoms with van der Waals surface area (Å²) in [6.07, 6.45) is 0. The van der Waals surface area contributed by atoms with Crippen LogP contribution in [0.25, 0.3) is 32.3 Å². The number of hydrogen-bond donors (Lipinski definition) is 1. The van der Waals surface area contributed by atoms with Gasteiger partial charge in [0, 0.05) is 34.9 Å². The molecule has 99 valence electrons. The molecule has 0 spiro atoms. The van der Waals surface area contributed by atoms with Gasteiger partial charge < -0.3 is 0 Å². The fraction of sp³-hybridized carbons (Fsp3) is 0. The minimum absolute atomic E-state index is 0. The maximum atomic E-state index is 11.5. The Balaban J connectivity index is 0.00000132. The molecule has 0 bridgehead atoms. The van der Waals surface area contributed by atoms with E-state index in [4.69, 9.17) is 0 Å². The van der Waals surface area contributed by atoms with Gasteiger partial charge >= 0.3 is 0 Å². The molecule has 0 unspecified atom stereocenters. The maximum absolute atomic E-state index is 11.5. The van der Waals surface area contributed by atoms with Crippen molar-refractivity contribution in [3.63, 3.8) is 0 Å². The Hall–Kier alpha value is -1.17. The molecule has 0 amide bonds. The molecule has 1 radical (unpaired) electrons. The second kappa shape index (κ2) is 4.93. The van der Waals surface area contributed by atoms with Crippen LogP contribution in [0.1, 0.15) is 0 Å². The molecule has 0 saturated carbocycles. The van der Waals surface area contributed by atoms with Gasteiger partial charge in [-0.15, -0.1) is 0 Å². The molecule has 0 atom stereocenters. The van der Waals surface area contributed by atoms with E-state index in [2.05, 4.69) is 0 Å². The van der Waals surface area contributed by atoms with Crippen molar-refractivity contribution >= 4 is 72.0 Å². The molecule has 0 aliphatic heterocycles. The first-order valence-corrected chi connectivity index (χ1v) is 7.64. The van der Waals surface area contributed by atoms with Gasteiger partial charge in [0.1, 0.15) is 4.90 Å². The average molecular weight is 305 g/mol. The van der Waals surface area contributed by atoms with Crippen molar-refractivity contribution in [3.8, 4) is 0 Å². The first-order chi connectivity index (χ1) is 9.55. The van der Waals surface area contributed by atoms with E-state index in [0.29, 0.717) is 5.39 Å². The molecule has 4 rings (SSSR count). The second-order valence-corrected chi connectivity index (χ2v) is 6.28. The van der Waals surface area contributed by atoms with Crippen molar-refractivity contribution in [2.75, 3.05) is 0 Å². The molecule has 0 aliphatic rings. The minimum Gasteiger partial charge on any atom is -0.282 e. The van der Waals surface area contributed by atoms with Crippen LogP contribution in [0.4, 0.5) is 0 Å². The SMILES string of the molecule is O=S(=O)(O)c1ccc2ccc3cccc4ccc1c2c34.[Na]. The third kappa shape index (κ3) is 2.15. The number of benzene rings is 4. The quantitative estimate of drug-likeness (QED) is 0.333. The summed E-state index contributed by atoms with van der Waals surface area (Å²) in [5, 5.41) is 5.58. The third-order valence-corrected chi connectivity index (χ3v) is 4.68. The van der Waals surface area contributed by atoms with E-state index < -0.39 is 10.1 Å². The van der Waals surface area contributed by atoms with Crippen LogP contribution in [-0.2, 0) is 10.1 Å². The van der Waals surface area contributed by atoms with Crippen LogP contribution in [0.2, 0.25) is 0 Å². The minimum atomic E-state index is -4.23. The maximum Gasteiger partial charge on any atom is 0.295 e. The smallest absolute Gasteiger partial charge is 0.282 e. The predicted molar refractivity (Wildman–Crippen MR) is 85.7 cm³/mol. The Morgan fingerprint density at radius 2 is 1.24 bits per heavy atom. The molecule has 0 heterocycles. The van der Waals surface area contributed by atoms with E-state index in [1.54, 1.807) is 12.1 Å². The Morgan fingerprint density at radius 3 is 1.86 bits per heavy atom. The van der Waals surface area contributed by atoms with Crippen LogP contribution in [0.3, 0.4) is 0 Å². The molecule has 3 nitrogen and oxygen atoms in total. The monoisotopic (exact) mass is 305 g/mol. The van der Waals surface area contributed by atoms with Gasteiger partial charge in [0.2, 0.25) is 0 Å². The number of rotatable bonds is 1. The fourth-order valence-electron chi connectivity index (χ4n) is 2.93. The van der Waals surface area contributed by atoms with Gasteiger partial charge in [-0.2, -0.15) is 8.42 Å². The summed E-state index contributed by atoms with van der Waals surface area (Å²) in [4.78, 5) is -0.0387. The Labute approximate surface area is 143 Å². The Bertz CT molecular complexity index is 1060. The van der Waals surface area contributed by atoms with Crippen LogP contribution in [0.5, 0.6) is 0 Å². The first-order valence-electron chi connectivity index (χ1n) is 6.20. The van der Waals surface area contributed by atoms with E-state index in [-0.39, 0.29) is 34.5 Å². The third-order valence-electron chi connectivity index (χ3n) is 3.77. The summed E-state index contributed by atoms with van der Waals surface area (Å²) in [6, 6.07) is 16.8. The predicted octanol–water partition coefficient (Wildman–Crippen LogP) is 3.45. The Kier molecular flexibility index (Phi) is 3.47. The molecule has 1 N–H and O–H groups in total. The van der Waals surface area contributed by atoms with Crippen LogP contribution in [-0.4, -0.2) is 42.5 Å². The van der Waals surface area contributed by atoms with E-state index >= 15 is 0 Å². The first kappa shape index (κ1) is 14.8. The van der Waals surface area contributed by atoms with E-state index in [9.17, 15) is 13.0 Å². The van der Waals surface area contributed by atoms with Gasteiger partial charge in [0.15, 0.2) is 0 Å². The molecular weight excluding hydrogens is 295 g/mol. The normalized spacial score (nSPS) is 12.0. The summed E-state index contributed by atoms with van der Waals surface area (Å²) < 4.78 is 32.5. The zero-order chi connectivity index (χ0) is 13.9.